The average molecular weight is 539 g/mol. The summed E-state index contributed by atoms with van der Waals surface area (Å²) in [5.41, 5.74) is -2.00. The molecule has 0 spiro atoms. The molecule has 2 aliphatic heterocycles. The maximum Gasteiger partial charge on any atom is 0.410 e. The van der Waals surface area contributed by atoms with Crippen molar-refractivity contribution in [1.29, 1.82) is 0 Å². The van der Waals surface area contributed by atoms with E-state index in [4.69, 9.17) is 18.9 Å². The number of carbonyl (C=O) groups excluding carboxylic acids is 4. The molecule has 0 N–H and O–H groups in total. The number of fused-ring (bicyclic) bond motifs is 2. The highest BCUT2D eigenvalue weighted by Crippen LogP contribution is 2.50. The molecule has 4 rings (SSSR count). The topological polar surface area (TPSA) is 112 Å². The van der Waals surface area contributed by atoms with Gasteiger partial charge in [-0.15, -0.1) is 0 Å². The van der Waals surface area contributed by atoms with Crippen molar-refractivity contribution < 1.29 is 38.1 Å². The summed E-state index contributed by atoms with van der Waals surface area (Å²) in [7, 11) is 2.84. The Bertz CT molecular complexity index is 849. The minimum atomic E-state index is -0.507. The van der Waals surface area contributed by atoms with E-state index in [0.29, 0.717) is 26.2 Å². The molecule has 0 radical (unpaired) electrons. The molecule has 2 saturated heterocycles. The van der Waals surface area contributed by atoms with Crippen LogP contribution in [0, 0.1) is 22.7 Å². The lowest BCUT2D eigenvalue weighted by molar-refractivity contribution is -0.154. The molecule has 0 aromatic carbocycles. The van der Waals surface area contributed by atoms with Gasteiger partial charge in [-0.05, 0) is 79.1 Å². The van der Waals surface area contributed by atoms with Gasteiger partial charge in [0.1, 0.15) is 11.2 Å². The lowest BCUT2D eigenvalue weighted by atomic mass is 9.81. The van der Waals surface area contributed by atoms with Crippen molar-refractivity contribution in [3.05, 3.63) is 0 Å². The van der Waals surface area contributed by atoms with E-state index >= 15 is 0 Å². The number of carbonyl (C=O) groups is 4. The van der Waals surface area contributed by atoms with Crippen molar-refractivity contribution in [2.45, 2.75) is 91.3 Å². The zero-order valence-corrected chi connectivity index (χ0v) is 24.4. The van der Waals surface area contributed by atoms with Crippen LogP contribution in [0.2, 0.25) is 0 Å². The molecule has 2 saturated carbocycles. The predicted molar refractivity (Wildman–Crippen MR) is 139 cm³/mol. The summed E-state index contributed by atoms with van der Waals surface area (Å²) in [6, 6.07) is 0. The molecule has 38 heavy (non-hydrogen) atoms. The van der Waals surface area contributed by atoms with E-state index in [9.17, 15) is 19.2 Å². The number of rotatable bonds is 2. The summed E-state index contributed by atoms with van der Waals surface area (Å²) in [4.78, 5) is 51.7. The Morgan fingerprint density at radius 2 is 1.00 bits per heavy atom. The lowest BCUT2D eigenvalue weighted by Gasteiger charge is -2.27. The minimum absolute atomic E-state index is 0.180. The Hall–Kier alpha value is -2.52. The standard InChI is InChI=1S/2C14H23NO4/c2*1-13(2,3)19-12(17)15-8-10-6-5-7-14(10,9-15)11(16)18-4/h2*10H,5-9H2,1-4H3. The number of methoxy groups -OCH3 is 2. The number of amides is 2. The first-order chi connectivity index (χ1) is 17.6. The molecule has 2 aliphatic carbocycles. The fourth-order valence-electron chi connectivity index (χ4n) is 6.58. The predicted octanol–water partition coefficient (Wildman–Crippen LogP) is 4.39. The summed E-state index contributed by atoms with van der Waals surface area (Å²) < 4.78 is 20.7. The van der Waals surface area contributed by atoms with Crippen LogP contribution in [-0.4, -0.2) is 85.5 Å². The molecule has 0 aromatic heterocycles. The Kier molecular flexibility index (Phi) is 8.63. The van der Waals surface area contributed by atoms with Gasteiger partial charge in [0.05, 0.1) is 25.0 Å². The van der Waals surface area contributed by atoms with Crippen LogP contribution in [0.5, 0.6) is 0 Å². The molecule has 216 valence electrons. The third-order valence-electron chi connectivity index (χ3n) is 8.23. The Morgan fingerprint density at radius 3 is 1.29 bits per heavy atom. The molecule has 2 amide bonds. The van der Waals surface area contributed by atoms with Gasteiger partial charge >= 0.3 is 24.1 Å². The molecule has 2 heterocycles. The number of likely N-dealkylation sites (tertiary alicyclic amines) is 2. The van der Waals surface area contributed by atoms with Crippen LogP contribution in [-0.2, 0) is 28.5 Å². The van der Waals surface area contributed by atoms with Gasteiger partial charge in [-0.3, -0.25) is 9.59 Å². The lowest BCUT2D eigenvalue weighted by Crippen LogP contribution is -2.40. The molecule has 4 aliphatic rings. The third-order valence-corrected chi connectivity index (χ3v) is 8.23. The number of hydrogen-bond acceptors (Lipinski definition) is 8. The highest BCUT2D eigenvalue weighted by Gasteiger charge is 2.58. The maximum atomic E-state index is 12.1. The zero-order valence-electron chi connectivity index (χ0n) is 24.4. The minimum Gasteiger partial charge on any atom is -0.469 e. The van der Waals surface area contributed by atoms with Crippen molar-refractivity contribution in [3.63, 3.8) is 0 Å². The van der Waals surface area contributed by atoms with E-state index < -0.39 is 22.0 Å². The van der Waals surface area contributed by atoms with Crippen molar-refractivity contribution in [3.8, 4) is 0 Å². The molecule has 10 nitrogen and oxygen atoms in total. The Balaban J connectivity index is 0.000000211. The van der Waals surface area contributed by atoms with Gasteiger partial charge in [-0.2, -0.15) is 0 Å². The first-order valence-corrected chi connectivity index (χ1v) is 13.7. The van der Waals surface area contributed by atoms with Crippen molar-refractivity contribution >= 4 is 24.1 Å². The van der Waals surface area contributed by atoms with Crippen molar-refractivity contribution in [1.82, 2.24) is 9.80 Å². The van der Waals surface area contributed by atoms with Crippen molar-refractivity contribution in [2.24, 2.45) is 22.7 Å². The first kappa shape index (κ1) is 30.0. The summed E-state index contributed by atoms with van der Waals surface area (Å²) in [5, 5.41) is 0. The van der Waals surface area contributed by atoms with Gasteiger partial charge in [0.25, 0.3) is 0 Å². The Morgan fingerprint density at radius 1 is 0.658 bits per heavy atom. The highest BCUT2D eigenvalue weighted by molar-refractivity contribution is 5.81. The van der Waals surface area contributed by atoms with Crippen LogP contribution >= 0.6 is 0 Å². The van der Waals surface area contributed by atoms with E-state index in [1.807, 2.05) is 41.5 Å². The van der Waals surface area contributed by atoms with Gasteiger partial charge in [0, 0.05) is 26.2 Å². The number of esters is 2. The van der Waals surface area contributed by atoms with Crippen LogP contribution in [0.4, 0.5) is 9.59 Å². The fraction of sp³-hybridized carbons (Fsp3) is 0.857. The molecule has 0 bridgehead atoms. The van der Waals surface area contributed by atoms with Crippen LogP contribution in [0.3, 0.4) is 0 Å². The average Bonchev–Trinajstić information content (AvgIpc) is 3.54. The van der Waals surface area contributed by atoms with Gasteiger partial charge < -0.3 is 28.7 Å². The zero-order chi connectivity index (χ0) is 28.5. The molecule has 4 atom stereocenters. The van der Waals surface area contributed by atoms with Crippen molar-refractivity contribution in [2.75, 3.05) is 40.4 Å². The monoisotopic (exact) mass is 538 g/mol. The molecule has 4 fully saturated rings. The van der Waals surface area contributed by atoms with Gasteiger partial charge in [0.2, 0.25) is 0 Å². The van der Waals surface area contributed by atoms with Gasteiger partial charge in [-0.25, -0.2) is 9.59 Å². The van der Waals surface area contributed by atoms with Crippen LogP contribution in [0.15, 0.2) is 0 Å². The van der Waals surface area contributed by atoms with Crippen LogP contribution in [0.25, 0.3) is 0 Å². The summed E-state index contributed by atoms with van der Waals surface area (Å²) in [6.45, 7) is 13.1. The smallest absolute Gasteiger partial charge is 0.410 e. The largest absolute Gasteiger partial charge is 0.469 e. The fourth-order valence-corrected chi connectivity index (χ4v) is 6.58. The first-order valence-electron chi connectivity index (χ1n) is 13.7. The molecule has 0 aromatic rings. The summed E-state index contributed by atoms with van der Waals surface area (Å²) >= 11 is 0. The second-order valence-corrected chi connectivity index (χ2v) is 13.2. The molecule has 10 heteroatoms. The number of nitrogens with zero attached hydrogens (tertiary/aromatic N) is 2. The summed E-state index contributed by atoms with van der Waals surface area (Å²) in [5.74, 6) is 0.0713. The second kappa shape index (κ2) is 10.9. The number of hydrogen-bond donors (Lipinski definition) is 0. The van der Waals surface area contributed by atoms with E-state index in [-0.39, 0.29) is 36.0 Å². The van der Waals surface area contributed by atoms with Gasteiger partial charge in [-0.1, -0.05) is 12.8 Å². The third kappa shape index (κ3) is 6.20. The van der Waals surface area contributed by atoms with E-state index in [1.54, 1.807) is 9.80 Å². The molecule has 4 unspecified atom stereocenters. The van der Waals surface area contributed by atoms with E-state index in [2.05, 4.69) is 0 Å². The quantitative estimate of drug-likeness (QED) is 0.376. The highest BCUT2D eigenvalue weighted by atomic mass is 16.6. The molecular weight excluding hydrogens is 492 g/mol. The number of ether oxygens (including phenoxy) is 4. The normalized spacial score (nSPS) is 30.1. The maximum absolute atomic E-state index is 12.1. The van der Waals surface area contributed by atoms with Crippen LogP contribution < -0.4 is 0 Å². The SMILES string of the molecule is COC(=O)C12CCCC1CN(C(=O)OC(C)(C)C)C2.COC(=O)C12CCCC1CN(C(=O)OC(C)(C)C)C2. The Labute approximate surface area is 226 Å². The van der Waals surface area contributed by atoms with Crippen LogP contribution in [0.1, 0.15) is 80.1 Å². The van der Waals surface area contributed by atoms with Gasteiger partial charge in [0.15, 0.2) is 0 Å². The van der Waals surface area contributed by atoms with E-state index in [1.165, 1.54) is 14.2 Å². The molecular formula is C28H46N2O8. The second-order valence-electron chi connectivity index (χ2n) is 13.2. The summed E-state index contributed by atoms with van der Waals surface area (Å²) in [6.07, 6.45) is 4.98. The van der Waals surface area contributed by atoms with E-state index in [0.717, 1.165) is 38.5 Å².